The predicted octanol–water partition coefficient (Wildman–Crippen LogP) is -1.23. The van der Waals surface area contributed by atoms with E-state index in [9.17, 15) is 9.59 Å². The molecule has 23 heavy (non-hydrogen) atoms. The molecule has 0 aromatic carbocycles. The van der Waals surface area contributed by atoms with Gasteiger partial charge in [-0.15, -0.1) is 0 Å². The van der Waals surface area contributed by atoms with Crippen molar-refractivity contribution in [1.29, 1.82) is 0 Å². The van der Waals surface area contributed by atoms with E-state index in [-0.39, 0.29) is 33.0 Å². The van der Waals surface area contributed by atoms with Crippen molar-refractivity contribution >= 4 is 23.1 Å². The van der Waals surface area contributed by atoms with Crippen LogP contribution in [0.25, 0.3) is 0 Å². The first kappa shape index (κ1) is 26.7. The molecule has 10 nitrogen and oxygen atoms in total. The van der Waals surface area contributed by atoms with Crippen molar-refractivity contribution in [1.82, 2.24) is 5.32 Å². The fourth-order valence-corrected chi connectivity index (χ4v) is 0.769. The molecule has 0 spiro atoms. The monoisotopic (exact) mass is 362 g/mol. The van der Waals surface area contributed by atoms with E-state index in [4.69, 9.17) is 37.8 Å². The van der Waals surface area contributed by atoms with Gasteiger partial charge in [0.25, 0.3) is 0 Å². The van der Waals surface area contributed by atoms with E-state index >= 15 is 0 Å². The van der Waals surface area contributed by atoms with E-state index in [1.54, 1.807) is 13.8 Å². The number of hydrogen-bond acceptors (Lipinski definition) is 9. The number of ether oxygens (including phenoxy) is 2. The highest BCUT2D eigenvalue weighted by Crippen LogP contribution is 1.83. The lowest BCUT2D eigenvalue weighted by atomic mass is 10.3. The maximum Gasteiger partial charge on any atom is 0.407 e. The van der Waals surface area contributed by atoms with Crippen LogP contribution < -0.4 is 11.1 Å². The quantitative estimate of drug-likeness (QED) is 0.303. The molecule has 0 heterocycles. The van der Waals surface area contributed by atoms with Crippen LogP contribution in [0.2, 0.25) is 0 Å². The summed E-state index contributed by atoms with van der Waals surface area (Å²) in [6, 6.07) is -1.08. The number of halogens is 1. The normalized spacial score (nSPS) is 9.30. The number of hydrogen-bond donors (Lipinski definition) is 6. The number of aliphatic hydroxyl groups excluding tert-OH is 4. The summed E-state index contributed by atoms with van der Waals surface area (Å²) in [7, 11) is 0. The van der Waals surface area contributed by atoms with E-state index < -0.39 is 23.6 Å². The SMILES string of the molecule is CCOC(=O)Cl.CCOC(=O)NC(CO)CO.NC(CO)CO. The topological polar surface area (TPSA) is 172 Å². The second kappa shape index (κ2) is 20.8. The molecule has 11 heteroatoms. The molecule has 0 aliphatic rings. The van der Waals surface area contributed by atoms with E-state index in [1.807, 2.05) is 0 Å². The minimum absolute atomic E-state index is 0.142. The third kappa shape index (κ3) is 26.1. The number of carbonyl (C=O) groups excluding carboxylic acids is 2. The average molecular weight is 363 g/mol. The van der Waals surface area contributed by atoms with Crippen LogP contribution in [0.5, 0.6) is 0 Å². The van der Waals surface area contributed by atoms with Crippen LogP contribution in [0.3, 0.4) is 0 Å². The zero-order valence-corrected chi connectivity index (χ0v) is 14.0. The average Bonchev–Trinajstić information content (AvgIpc) is 2.53. The Kier molecular flexibility index (Phi) is 24.2. The van der Waals surface area contributed by atoms with Crippen molar-refractivity contribution in [2.45, 2.75) is 25.9 Å². The first-order valence-corrected chi connectivity index (χ1v) is 7.14. The maximum absolute atomic E-state index is 10.6. The van der Waals surface area contributed by atoms with Crippen molar-refractivity contribution < 1.29 is 39.5 Å². The van der Waals surface area contributed by atoms with Crippen LogP contribution in [-0.4, -0.2) is 83.7 Å². The molecular formula is C12H27ClN2O8. The van der Waals surface area contributed by atoms with Gasteiger partial charge in [0, 0.05) is 11.6 Å². The Balaban J connectivity index is -0.000000284. The molecule has 0 bridgehead atoms. The molecule has 0 atom stereocenters. The Morgan fingerprint density at radius 2 is 1.43 bits per heavy atom. The summed E-state index contributed by atoms with van der Waals surface area (Å²) >= 11 is 4.72. The van der Waals surface area contributed by atoms with E-state index in [0.29, 0.717) is 6.61 Å². The molecule has 140 valence electrons. The van der Waals surface area contributed by atoms with Crippen LogP contribution in [-0.2, 0) is 9.47 Å². The standard InChI is InChI=1S/C6H13NO4.C3H5ClO2.C3H9NO2/c1-2-11-6(10)7-5(3-8)4-9;1-2-6-3(4)5;4-3(1-5)2-6/h5,8-9H,2-4H2,1H3,(H,7,10);2H2,1H3;3,5-6H,1-2,4H2. The Bertz CT molecular complexity index is 276. The second-order valence-electron chi connectivity index (χ2n) is 3.72. The molecule has 0 aromatic rings. The first-order valence-electron chi connectivity index (χ1n) is 6.77. The Hall–Kier alpha value is -1.17. The van der Waals surface area contributed by atoms with Gasteiger partial charge < -0.3 is 41.0 Å². The molecule has 0 saturated heterocycles. The van der Waals surface area contributed by atoms with Gasteiger partial charge in [0.05, 0.1) is 51.7 Å². The number of aliphatic hydroxyl groups is 4. The summed E-state index contributed by atoms with van der Waals surface area (Å²) in [5, 5.41) is 35.4. The van der Waals surface area contributed by atoms with Gasteiger partial charge in [-0.1, -0.05) is 0 Å². The lowest BCUT2D eigenvalue weighted by Crippen LogP contribution is -2.40. The third-order valence-electron chi connectivity index (χ3n) is 1.77. The summed E-state index contributed by atoms with van der Waals surface area (Å²) in [5.41, 5.74) is 4.23. The summed E-state index contributed by atoms with van der Waals surface area (Å²) in [6.07, 6.45) is -0.624. The zero-order chi connectivity index (χ0) is 18.7. The van der Waals surface area contributed by atoms with Crippen LogP contribution in [0, 0.1) is 0 Å². The summed E-state index contributed by atoms with van der Waals surface area (Å²) in [4.78, 5) is 20.2. The molecule has 0 fully saturated rings. The Labute approximate surface area is 140 Å². The summed E-state index contributed by atoms with van der Waals surface area (Å²) < 4.78 is 8.67. The lowest BCUT2D eigenvalue weighted by molar-refractivity contribution is 0.125. The van der Waals surface area contributed by atoms with Crippen LogP contribution in [0.4, 0.5) is 9.59 Å². The first-order chi connectivity index (χ1) is 10.8. The number of nitrogens with two attached hydrogens (primary N) is 1. The van der Waals surface area contributed by atoms with Crippen LogP contribution in [0.1, 0.15) is 13.8 Å². The summed E-state index contributed by atoms with van der Waals surface area (Å²) in [6.45, 7) is 3.11. The number of amides is 1. The maximum atomic E-state index is 10.6. The fourth-order valence-electron chi connectivity index (χ4n) is 0.660. The Morgan fingerprint density at radius 3 is 1.61 bits per heavy atom. The fraction of sp³-hybridized carbons (Fsp3) is 0.833. The number of rotatable bonds is 7. The highest BCUT2D eigenvalue weighted by Gasteiger charge is 2.09. The molecule has 0 aromatic heterocycles. The Morgan fingerprint density at radius 1 is 1.00 bits per heavy atom. The molecule has 0 saturated carbocycles. The molecule has 0 aliphatic carbocycles. The van der Waals surface area contributed by atoms with Gasteiger partial charge in [-0.2, -0.15) is 0 Å². The molecule has 0 radical (unpaired) electrons. The second-order valence-corrected chi connectivity index (χ2v) is 4.03. The number of nitrogens with one attached hydrogen (secondary N) is 1. The molecule has 1 amide bonds. The third-order valence-corrected chi connectivity index (χ3v) is 1.87. The number of carbonyl (C=O) groups is 2. The van der Waals surface area contributed by atoms with Crippen molar-refractivity contribution in [3.63, 3.8) is 0 Å². The molecule has 0 rings (SSSR count). The van der Waals surface area contributed by atoms with E-state index in [1.165, 1.54) is 0 Å². The smallest absolute Gasteiger partial charge is 0.407 e. The molecular weight excluding hydrogens is 336 g/mol. The minimum atomic E-state index is -0.738. The minimum Gasteiger partial charge on any atom is -0.454 e. The predicted molar refractivity (Wildman–Crippen MR) is 83.1 cm³/mol. The van der Waals surface area contributed by atoms with Gasteiger partial charge in [0.2, 0.25) is 0 Å². The van der Waals surface area contributed by atoms with Gasteiger partial charge in [0.15, 0.2) is 0 Å². The van der Waals surface area contributed by atoms with Gasteiger partial charge in [-0.3, -0.25) is 0 Å². The van der Waals surface area contributed by atoms with Crippen LogP contribution >= 0.6 is 11.6 Å². The van der Waals surface area contributed by atoms with E-state index in [2.05, 4.69) is 14.8 Å². The molecule has 0 unspecified atom stereocenters. The lowest BCUT2D eigenvalue weighted by Gasteiger charge is -2.12. The summed E-state index contributed by atoms with van der Waals surface area (Å²) in [5.74, 6) is 0. The van der Waals surface area contributed by atoms with Gasteiger partial charge in [-0.25, -0.2) is 9.59 Å². The highest BCUT2D eigenvalue weighted by atomic mass is 35.5. The van der Waals surface area contributed by atoms with Gasteiger partial charge in [-0.05, 0) is 13.8 Å². The van der Waals surface area contributed by atoms with Gasteiger partial charge in [0.1, 0.15) is 0 Å². The van der Waals surface area contributed by atoms with E-state index in [0.717, 1.165) is 0 Å². The number of alkyl carbamates (subject to hydrolysis) is 1. The zero-order valence-electron chi connectivity index (χ0n) is 13.3. The highest BCUT2D eigenvalue weighted by molar-refractivity contribution is 6.61. The van der Waals surface area contributed by atoms with Crippen molar-refractivity contribution in [3.05, 3.63) is 0 Å². The molecule has 0 aliphatic heterocycles. The van der Waals surface area contributed by atoms with Crippen molar-refractivity contribution in [2.24, 2.45) is 5.73 Å². The van der Waals surface area contributed by atoms with Crippen LogP contribution in [0.15, 0.2) is 0 Å². The van der Waals surface area contributed by atoms with Gasteiger partial charge >= 0.3 is 11.5 Å². The molecule has 7 N–H and O–H groups in total. The largest absolute Gasteiger partial charge is 0.454 e. The van der Waals surface area contributed by atoms with Crippen molar-refractivity contribution in [3.8, 4) is 0 Å². The van der Waals surface area contributed by atoms with Crippen molar-refractivity contribution in [2.75, 3.05) is 39.6 Å².